The van der Waals surface area contributed by atoms with Crippen LogP contribution in [0.2, 0.25) is 0 Å². The maximum absolute atomic E-state index is 15.0. The lowest BCUT2D eigenvalue weighted by molar-refractivity contribution is -0.156. The van der Waals surface area contributed by atoms with Crippen LogP contribution >= 0.6 is 0 Å². The first-order valence-electron chi connectivity index (χ1n) is 11.0. The van der Waals surface area contributed by atoms with E-state index in [1.807, 2.05) is 6.20 Å². The zero-order chi connectivity index (χ0) is 20.0. The first-order valence-corrected chi connectivity index (χ1v) is 11.0. The van der Waals surface area contributed by atoms with Crippen LogP contribution in [0.3, 0.4) is 0 Å². The van der Waals surface area contributed by atoms with Crippen LogP contribution in [0, 0.1) is 17.2 Å². The molecule has 2 aliphatic heterocycles. The lowest BCUT2D eigenvalue weighted by Gasteiger charge is -2.61. The molecule has 5 aliphatic rings. The summed E-state index contributed by atoms with van der Waals surface area (Å²) in [5, 5.41) is 9.88. The number of piperidine rings is 2. The van der Waals surface area contributed by atoms with E-state index >= 15 is 0 Å². The molecule has 0 aromatic carbocycles. The van der Waals surface area contributed by atoms with Gasteiger partial charge in [0.1, 0.15) is 11.5 Å². The van der Waals surface area contributed by atoms with Gasteiger partial charge >= 0.3 is 0 Å². The first-order chi connectivity index (χ1) is 13.9. The van der Waals surface area contributed by atoms with E-state index in [1.165, 1.54) is 12.6 Å². The van der Waals surface area contributed by atoms with Gasteiger partial charge in [0.25, 0.3) is 0 Å². The second kappa shape index (κ2) is 5.81. The van der Waals surface area contributed by atoms with Gasteiger partial charge in [-0.05, 0) is 61.8 Å². The van der Waals surface area contributed by atoms with E-state index in [-0.39, 0.29) is 23.5 Å². The molecule has 7 rings (SSSR count). The number of hydrogen-bond acceptors (Lipinski definition) is 3. The Balaban J connectivity index is 1.30. The van der Waals surface area contributed by atoms with Crippen LogP contribution in [-0.4, -0.2) is 38.0 Å². The molecule has 2 saturated heterocycles. The Hall–Kier alpha value is -1.95. The summed E-state index contributed by atoms with van der Waals surface area (Å²) < 4.78 is 15.0. The number of aromatic amines is 1. The van der Waals surface area contributed by atoms with Crippen LogP contribution in [0.25, 0.3) is 11.0 Å². The Morgan fingerprint density at radius 3 is 2.66 bits per heavy atom. The van der Waals surface area contributed by atoms with Gasteiger partial charge in [0.05, 0.1) is 12.0 Å². The summed E-state index contributed by atoms with van der Waals surface area (Å²) in [6.07, 6.45) is 11.4. The molecule has 3 aliphatic carbocycles. The highest BCUT2D eigenvalue weighted by Crippen LogP contribution is 2.58. The third-order valence-electron chi connectivity index (χ3n) is 8.32. The van der Waals surface area contributed by atoms with Crippen LogP contribution in [-0.2, 0) is 16.8 Å². The molecule has 1 amide bonds. The molecule has 2 aromatic heterocycles. The molecule has 6 heteroatoms. The van der Waals surface area contributed by atoms with Gasteiger partial charge in [-0.2, -0.15) is 0 Å². The van der Waals surface area contributed by atoms with Crippen LogP contribution in [0.1, 0.15) is 69.4 Å². The standard InChI is InChI=1S/C23H28FN3O2/c1-22-6-13-4-15(7-22)27(16(5-13)8-22)18(29)9-23(2-3-23)17-11-26-21-19(17)20(24)14(12-28)10-25-21/h10-11,13,15-16,28H,2-9,12H2,1H3,(H,25,26). The topological polar surface area (TPSA) is 69.2 Å². The summed E-state index contributed by atoms with van der Waals surface area (Å²) >= 11 is 0. The molecule has 3 saturated carbocycles. The van der Waals surface area contributed by atoms with E-state index in [2.05, 4.69) is 21.8 Å². The average molecular weight is 397 g/mol. The molecule has 29 heavy (non-hydrogen) atoms. The highest BCUT2D eigenvalue weighted by Gasteiger charge is 2.55. The van der Waals surface area contributed by atoms with Crippen LogP contribution < -0.4 is 0 Å². The normalized spacial score (nSPS) is 34.2. The molecular weight excluding hydrogens is 369 g/mol. The largest absolute Gasteiger partial charge is 0.392 e. The fourth-order valence-corrected chi connectivity index (χ4v) is 7.11. The molecule has 0 radical (unpaired) electrons. The van der Waals surface area contributed by atoms with Crippen LogP contribution in [0.4, 0.5) is 4.39 Å². The van der Waals surface area contributed by atoms with E-state index in [4.69, 9.17) is 0 Å². The fraction of sp³-hybridized carbons (Fsp3) is 0.652. The minimum absolute atomic E-state index is 0.207. The van der Waals surface area contributed by atoms with Gasteiger partial charge in [-0.3, -0.25) is 4.79 Å². The van der Waals surface area contributed by atoms with Crippen molar-refractivity contribution in [3.8, 4) is 0 Å². The molecule has 0 spiro atoms. The maximum atomic E-state index is 15.0. The summed E-state index contributed by atoms with van der Waals surface area (Å²) in [4.78, 5) is 23.1. The van der Waals surface area contributed by atoms with Gasteiger partial charge in [0.2, 0.25) is 5.91 Å². The highest BCUT2D eigenvalue weighted by molar-refractivity contribution is 5.86. The monoisotopic (exact) mass is 397 g/mol. The summed E-state index contributed by atoms with van der Waals surface area (Å²) in [6, 6.07) is 0.800. The van der Waals surface area contributed by atoms with Gasteiger partial charge in [0.15, 0.2) is 0 Å². The van der Waals surface area contributed by atoms with Crippen molar-refractivity contribution in [3.63, 3.8) is 0 Å². The third kappa shape index (κ3) is 2.54. The summed E-state index contributed by atoms with van der Waals surface area (Å²) in [5.41, 5.74) is 1.70. The zero-order valence-corrected chi connectivity index (χ0v) is 16.9. The SMILES string of the molecule is CC12CC3CC(C1)N(C(=O)CC1(c4c[nH]c5ncc(CO)c(F)c45)CC1)C(C3)C2. The maximum Gasteiger partial charge on any atom is 0.223 e. The van der Waals surface area contributed by atoms with Crippen molar-refractivity contribution in [1.29, 1.82) is 0 Å². The number of nitrogens with zero attached hydrogens (tertiary/aromatic N) is 2. The lowest BCUT2D eigenvalue weighted by atomic mass is 9.56. The van der Waals surface area contributed by atoms with Crippen molar-refractivity contribution in [3.05, 3.63) is 29.3 Å². The van der Waals surface area contributed by atoms with Gasteiger partial charge in [-0.1, -0.05) is 6.92 Å². The molecule has 4 heterocycles. The number of aromatic nitrogens is 2. The molecule has 154 valence electrons. The Kier molecular flexibility index (Phi) is 3.58. The number of rotatable bonds is 4. The number of carbonyl (C=O) groups is 1. The number of aliphatic hydroxyl groups excluding tert-OH is 1. The predicted octanol–water partition coefficient (Wildman–Crippen LogP) is 3.80. The van der Waals surface area contributed by atoms with E-state index in [9.17, 15) is 14.3 Å². The number of H-pyrrole nitrogens is 1. The molecular formula is C23H28FN3O2. The number of pyridine rings is 1. The van der Waals surface area contributed by atoms with Crippen molar-refractivity contribution in [1.82, 2.24) is 14.9 Å². The molecule has 2 atom stereocenters. The van der Waals surface area contributed by atoms with Crippen molar-refractivity contribution in [2.75, 3.05) is 0 Å². The van der Waals surface area contributed by atoms with Crippen molar-refractivity contribution in [2.24, 2.45) is 11.3 Å². The predicted molar refractivity (Wildman–Crippen MR) is 107 cm³/mol. The summed E-state index contributed by atoms with van der Waals surface area (Å²) in [5.74, 6) is 0.637. The lowest BCUT2D eigenvalue weighted by Crippen LogP contribution is -2.62. The van der Waals surface area contributed by atoms with Crippen LogP contribution in [0.15, 0.2) is 12.4 Å². The molecule has 2 aromatic rings. The molecule has 2 unspecified atom stereocenters. The van der Waals surface area contributed by atoms with Gasteiger partial charge in [0, 0.05) is 41.9 Å². The quantitative estimate of drug-likeness (QED) is 0.825. The number of nitrogens with one attached hydrogen (secondary N) is 1. The number of amides is 1. The Morgan fingerprint density at radius 2 is 2.03 bits per heavy atom. The van der Waals surface area contributed by atoms with E-state index < -0.39 is 5.82 Å². The number of aliphatic hydroxyl groups is 1. The van der Waals surface area contributed by atoms with E-state index in [0.717, 1.165) is 50.0 Å². The third-order valence-corrected chi connectivity index (χ3v) is 8.32. The smallest absolute Gasteiger partial charge is 0.223 e. The summed E-state index contributed by atoms with van der Waals surface area (Å²) in [6.45, 7) is 2.03. The van der Waals surface area contributed by atoms with E-state index in [1.54, 1.807) is 0 Å². The van der Waals surface area contributed by atoms with Gasteiger partial charge in [-0.25, -0.2) is 9.37 Å². The Morgan fingerprint density at radius 1 is 1.31 bits per heavy atom. The fourth-order valence-electron chi connectivity index (χ4n) is 7.11. The summed E-state index contributed by atoms with van der Waals surface area (Å²) in [7, 11) is 0. The molecule has 4 bridgehead atoms. The van der Waals surface area contributed by atoms with Crippen LogP contribution in [0.5, 0.6) is 0 Å². The Bertz CT molecular complexity index is 995. The van der Waals surface area contributed by atoms with Crippen molar-refractivity contribution in [2.45, 2.75) is 82.4 Å². The number of hydrogen-bond donors (Lipinski definition) is 2. The minimum atomic E-state index is -0.407. The first kappa shape index (κ1) is 17.9. The molecule has 5 nitrogen and oxygen atoms in total. The highest BCUT2D eigenvalue weighted by atomic mass is 19.1. The van der Waals surface area contributed by atoms with E-state index in [0.29, 0.717) is 35.0 Å². The number of carbonyl (C=O) groups excluding carboxylic acids is 1. The average Bonchev–Trinajstić information content (AvgIpc) is 3.28. The Labute approximate surface area is 169 Å². The zero-order valence-electron chi connectivity index (χ0n) is 16.9. The van der Waals surface area contributed by atoms with Gasteiger partial charge in [-0.15, -0.1) is 0 Å². The van der Waals surface area contributed by atoms with Crippen molar-refractivity contribution < 1.29 is 14.3 Å². The number of halogens is 1. The van der Waals surface area contributed by atoms with Crippen molar-refractivity contribution >= 4 is 16.9 Å². The molecule has 5 fully saturated rings. The van der Waals surface area contributed by atoms with Gasteiger partial charge < -0.3 is 15.0 Å². The second-order valence-electron chi connectivity index (χ2n) is 10.5. The number of fused-ring (bicyclic) bond motifs is 1. The minimum Gasteiger partial charge on any atom is -0.392 e. The second-order valence-corrected chi connectivity index (χ2v) is 10.5. The molecule has 2 N–H and O–H groups in total.